The average molecular weight is 274 g/mol. The van der Waals surface area contributed by atoms with Gasteiger partial charge in [0.05, 0.1) is 17.8 Å². The van der Waals surface area contributed by atoms with Crippen molar-refractivity contribution in [3.05, 3.63) is 40.5 Å². The lowest BCUT2D eigenvalue weighted by molar-refractivity contribution is 1.16. The Bertz CT molecular complexity index is 648. The third kappa shape index (κ3) is 2.92. The van der Waals surface area contributed by atoms with Gasteiger partial charge in [0.1, 0.15) is 10.8 Å². The summed E-state index contributed by atoms with van der Waals surface area (Å²) >= 11 is 5.91. The molecule has 0 fully saturated rings. The van der Waals surface area contributed by atoms with Gasteiger partial charge in [0.15, 0.2) is 0 Å². The van der Waals surface area contributed by atoms with E-state index in [1.54, 1.807) is 13.1 Å². The van der Waals surface area contributed by atoms with Crippen LogP contribution in [0.25, 0.3) is 0 Å². The zero-order valence-electron chi connectivity index (χ0n) is 10.5. The molecule has 96 valence electrons. The van der Waals surface area contributed by atoms with Crippen LogP contribution in [0.2, 0.25) is 5.02 Å². The molecule has 0 radical (unpaired) electrons. The van der Waals surface area contributed by atoms with Crippen molar-refractivity contribution in [2.24, 2.45) is 0 Å². The van der Waals surface area contributed by atoms with Crippen LogP contribution in [0.1, 0.15) is 11.1 Å². The Balaban J connectivity index is 2.29. The van der Waals surface area contributed by atoms with Gasteiger partial charge in [-0.1, -0.05) is 17.7 Å². The molecule has 0 atom stereocenters. The lowest BCUT2D eigenvalue weighted by Gasteiger charge is -2.08. The average Bonchev–Trinajstić information content (AvgIpc) is 2.43. The van der Waals surface area contributed by atoms with E-state index in [1.807, 2.05) is 19.1 Å². The summed E-state index contributed by atoms with van der Waals surface area (Å²) < 4.78 is 0. The summed E-state index contributed by atoms with van der Waals surface area (Å²) in [7, 11) is 1.73. The molecule has 0 amide bonds. The molecule has 0 saturated heterocycles. The van der Waals surface area contributed by atoms with Crippen molar-refractivity contribution in [2.75, 3.05) is 17.7 Å². The standard InChI is InChI=1S/C13H12ClN5/c1-8-3-4-10(5-9(8)6-15)18-13-17-7-11(14)12(16-2)19-13/h3-5,7H,1-2H3,(H2,16,17,18,19). The highest BCUT2D eigenvalue weighted by atomic mass is 35.5. The van der Waals surface area contributed by atoms with Crippen LogP contribution in [0.3, 0.4) is 0 Å². The second-order valence-electron chi connectivity index (χ2n) is 3.91. The summed E-state index contributed by atoms with van der Waals surface area (Å²) in [6, 6.07) is 7.63. The maximum absolute atomic E-state index is 8.99. The largest absolute Gasteiger partial charge is 0.372 e. The fourth-order valence-corrected chi connectivity index (χ4v) is 1.74. The molecule has 5 nitrogen and oxygen atoms in total. The summed E-state index contributed by atoms with van der Waals surface area (Å²) in [5, 5.41) is 15.4. The molecule has 2 aromatic rings. The minimum Gasteiger partial charge on any atom is -0.372 e. The van der Waals surface area contributed by atoms with Crippen LogP contribution in [0, 0.1) is 18.3 Å². The summed E-state index contributed by atoms with van der Waals surface area (Å²) in [6.45, 7) is 1.89. The van der Waals surface area contributed by atoms with Crippen LogP contribution < -0.4 is 10.6 Å². The zero-order valence-corrected chi connectivity index (χ0v) is 11.3. The van der Waals surface area contributed by atoms with Crippen LogP contribution in [-0.4, -0.2) is 17.0 Å². The first-order valence-corrected chi connectivity index (χ1v) is 6.00. The van der Waals surface area contributed by atoms with Gasteiger partial charge in [-0.05, 0) is 24.6 Å². The van der Waals surface area contributed by atoms with Gasteiger partial charge in [-0.3, -0.25) is 0 Å². The maximum atomic E-state index is 8.99. The van der Waals surface area contributed by atoms with Gasteiger partial charge in [-0.2, -0.15) is 10.2 Å². The number of nitrogens with zero attached hydrogens (tertiary/aromatic N) is 3. The number of nitriles is 1. The third-order valence-corrected chi connectivity index (χ3v) is 2.87. The van der Waals surface area contributed by atoms with Crippen LogP contribution >= 0.6 is 11.6 Å². The van der Waals surface area contributed by atoms with Crippen LogP contribution in [0.4, 0.5) is 17.5 Å². The van der Waals surface area contributed by atoms with E-state index in [4.69, 9.17) is 16.9 Å². The minimum atomic E-state index is 0.418. The Labute approximate surface area is 116 Å². The zero-order chi connectivity index (χ0) is 13.8. The Kier molecular flexibility index (Phi) is 3.83. The molecule has 1 aromatic carbocycles. The monoisotopic (exact) mass is 273 g/mol. The molecule has 1 aromatic heterocycles. The van der Waals surface area contributed by atoms with Gasteiger partial charge >= 0.3 is 0 Å². The van der Waals surface area contributed by atoms with E-state index in [0.29, 0.717) is 22.4 Å². The highest BCUT2D eigenvalue weighted by Crippen LogP contribution is 2.21. The normalized spacial score (nSPS) is 9.79. The van der Waals surface area contributed by atoms with Gasteiger partial charge < -0.3 is 10.6 Å². The van der Waals surface area contributed by atoms with Gasteiger partial charge in [0, 0.05) is 12.7 Å². The molecule has 0 saturated carbocycles. The van der Waals surface area contributed by atoms with Gasteiger partial charge in [0.2, 0.25) is 5.95 Å². The van der Waals surface area contributed by atoms with Crippen LogP contribution in [0.15, 0.2) is 24.4 Å². The van der Waals surface area contributed by atoms with Crippen molar-refractivity contribution in [1.29, 1.82) is 5.26 Å². The number of hydrogen-bond acceptors (Lipinski definition) is 5. The summed E-state index contributed by atoms with van der Waals surface area (Å²) in [5.41, 5.74) is 2.31. The van der Waals surface area contributed by atoms with Gasteiger partial charge in [-0.15, -0.1) is 0 Å². The Morgan fingerprint density at radius 1 is 1.37 bits per heavy atom. The highest BCUT2D eigenvalue weighted by Gasteiger charge is 2.05. The number of rotatable bonds is 3. The summed E-state index contributed by atoms with van der Waals surface area (Å²) in [4.78, 5) is 8.30. The predicted octanol–water partition coefficient (Wildman–Crippen LogP) is 3.10. The number of hydrogen-bond donors (Lipinski definition) is 2. The molecule has 19 heavy (non-hydrogen) atoms. The first kappa shape index (κ1) is 13.1. The lowest BCUT2D eigenvalue weighted by atomic mass is 10.1. The highest BCUT2D eigenvalue weighted by molar-refractivity contribution is 6.32. The van der Waals surface area contributed by atoms with Gasteiger partial charge in [-0.25, -0.2) is 4.98 Å². The molecular weight excluding hydrogens is 262 g/mol. The SMILES string of the molecule is CNc1nc(Nc2ccc(C)c(C#N)c2)ncc1Cl. The molecule has 0 unspecified atom stereocenters. The van der Waals surface area contributed by atoms with Crippen molar-refractivity contribution in [1.82, 2.24) is 9.97 Å². The summed E-state index contributed by atoms with van der Waals surface area (Å²) in [6.07, 6.45) is 1.52. The van der Waals surface area contributed by atoms with Crippen molar-refractivity contribution < 1.29 is 0 Å². The van der Waals surface area contributed by atoms with Gasteiger partial charge in [0.25, 0.3) is 0 Å². The van der Waals surface area contributed by atoms with Crippen molar-refractivity contribution >= 4 is 29.1 Å². The maximum Gasteiger partial charge on any atom is 0.229 e. The van der Waals surface area contributed by atoms with E-state index in [0.717, 1.165) is 11.3 Å². The number of aromatic nitrogens is 2. The molecule has 0 aliphatic rings. The Morgan fingerprint density at radius 3 is 2.84 bits per heavy atom. The molecule has 1 heterocycles. The van der Waals surface area contributed by atoms with E-state index in [1.165, 1.54) is 6.20 Å². The number of anilines is 3. The fraction of sp³-hybridized carbons (Fsp3) is 0.154. The molecule has 2 rings (SSSR count). The quantitative estimate of drug-likeness (QED) is 0.899. The molecular formula is C13H12ClN5. The number of aryl methyl sites for hydroxylation is 1. The second-order valence-corrected chi connectivity index (χ2v) is 4.31. The van der Waals surface area contributed by atoms with Crippen molar-refractivity contribution in [2.45, 2.75) is 6.92 Å². The molecule has 2 N–H and O–H groups in total. The van der Waals surface area contributed by atoms with Crippen LogP contribution in [0.5, 0.6) is 0 Å². The Hall–Kier alpha value is -2.32. The van der Waals surface area contributed by atoms with Crippen LogP contribution in [-0.2, 0) is 0 Å². The van der Waals surface area contributed by atoms with E-state index < -0.39 is 0 Å². The number of halogens is 1. The lowest BCUT2D eigenvalue weighted by Crippen LogP contribution is -2.01. The summed E-state index contributed by atoms with van der Waals surface area (Å²) in [5.74, 6) is 0.966. The first-order chi connectivity index (χ1) is 9.13. The van der Waals surface area contributed by atoms with E-state index in [2.05, 4.69) is 26.7 Å². The molecule has 0 aliphatic heterocycles. The number of benzene rings is 1. The topological polar surface area (TPSA) is 73.6 Å². The fourth-order valence-electron chi connectivity index (χ4n) is 1.55. The number of nitrogens with one attached hydrogen (secondary N) is 2. The van der Waals surface area contributed by atoms with Crippen molar-refractivity contribution in [3.63, 3.8) is 0 Å². The molecule has 0 aliphatic carbocycles. The third-order valence-electron chi connectivity index (χ3n) is 2.60. The smallest absolute Gasteiger partial charge is 0.229 e. The molecule has 0 bridgehead atoms. The Morgan fingerprint density at radius 2 is 2.16 bits per heavy atom. The second kappa shape index (κ2) is 5.55. The molecule has 6 heteroatoms. The predicted molar refractivity (Wildman–Crippen MR) is 75.8 cm³/mol. The minimum absolute atomic E-state index is 0.418. The first-order valence-electron chi connectivity index (χ1n) is 5.62. The van der Waals surface area contributed by atoms with E-state index in [-0.39, 0.29) is 0 Å². The molecule has 0 spiro atoms. The van der Waals surface area contributed by atoms with Crippen molar-refractivity contribution in [3.8, 4) is 6.07 Å². The van der Waals surface area contributed by atoms with E-state index in [9.17, 15) is 0 Å². The van der Waals surface area contributed by atoms with E-state index >= 15 is 0 Å².